The Bertz CT molecular complexity index is 829. The van der Waals surface area contributed by atoms with Crippen LogP contribution in [-0.2, 0) is 14.8 Å². The second-order valence-corrected chi connectivity index (χ2v) is 8.02. The van der Waals surface area contributed by atoms with E-state index in [1.807, 2.05) is 13.8 Å². The maximum Gasteiger partial charge on any atom is 0.260 e. The number of carbonyl (C=O) groups is 1. The lowest BCUT2D eigenvalue weighted by atomic mass is 10.2. The highest BCUT2D eigenvalue weighted by Gasteiger charge is 2.19. The standard InChI is InChI=1S/C14H21N5O4S/c1-10(2)8-15-14(20)9-23-19-13-7-11(24(21,22)18(3)4)5-6-12(13)16-17-19/h5-7,10H,8-9H2,1-4H3,(H,15,20). The van der Waals surface area contributed by atoms with E-state index in [4.69, 9.17) is 4.84 Å². The second kappa shape index (κ2) is 7.14. The van der Waals surface area contributed by atoms with Crippen molar-refractivity contribution in [2.45, 2.75) is 18.7 Å². The van der Waals surface area contributed by atoms with Crippen molar-refractivity contribution in [3.8, 4) is 0 Å². The zero-order valence-electron chi connectivity index (χ0n) is 14.1. The van der Waals surface area contributed by atoms with E-state index in [1.54, 1.807) is 0 Å². The van der Waals surface area contributed by atoms with Gasteiger partial charge >= 0.3 is 0 Å². The van der Waals surface area contributed by atoms with Gasteiger partial charge in [0.05, 0.1) is 4.90 Å². The van der Waals surface area contributed by atoms with Crippen LogP contribution in [0.5, 0.6) is 0 Å². The first-order valence-corrected chi connectivity index (χ1v) is 8.84. The van der Waals surface area contributed by atoms with Crippen molar-refractivity contribution >= 4 is 27.0 Å². The summed E-state index contributed by atoms with van der Waals surface area (Å²) in [7, 11) is -0.685. The Kier molecular flexibility index (Phi) is 5.40. The van der Waals surface area contributed by atoms with Crippen LogP contribution in [0.25, 0.3) is 11.0 Å². The fraction of sp³-hybridized carbons (Fsp3) is 0.500. The molecular formula is C14H21N5O4S. The third-order valence-corrected chi connectivity index (χ3v) is 5.00. The van der Waals surface area contributed by atoms with Crippen molar-refractivity contribution in [1.29, 1.82) is 0 Å². The Morgan fingerprint density at radius 3 is 2.71 bits per heavy atom. The molecule has 1 aromatic carbocycles. The maximum absolute atomic E-state index is 12.2. The van der Waals surface area contributed by atoms with E-state index >= 15 is 0 Å². The van der Waals surface area contributed by atoms with Crippen LogP contribution in [0.3, 0.4) is 0 Å². The molecule has 0 bridgehead atoms. The largest absolute Gasteiger partial charge is 0.385 e. The van der Waals surface area contributed by atoms with Crippen LogP contribution in [0.15, 0.2) is 23.1 Å². The molecule has 0 atom stereocenters. The highest BCUT2D eigenvalue weighted by molar-refractivity contribution is 7.89. The summed E-state index contributed by atoms with van der Waals surface area (Å²) in [5, 5.41) is 10.4. The molecule has 1 aromatic heterocycles. The zero-order chi connectivity index (χ0) is 17.9. The molecule has 0 saturated carbocycles. The molecule has 132 valence electrons. The molecule has 0 aliphatic rings. The monoisotopic (exact) mass is 355 g/mol. The molecule has 10 heteroatoms. The van der Waals surface area contributed by atoms with Crippen LogP contribution in [0, 0.1) is 5.92 Å². The van der Waals surface area contributed by atoms with E-state index in [-0.39, 0.29) is 17.4 Å². The molecule has 24 heavy (non-hydrogen) atoms. The Morgan fingerprint density at radius 1 is 1.38 bits per heavy atom. The smallest absolute Gasteiger partial charge is 0.260 e. The summed E-state index contributed by atoms with van der Waals surface area (Å²) < 4.78 is 25.5. The summed E-state index contributed by atoms with van der Waals surface area (Å²) in [4.78, 5) is 18.1. The Labute approximate surface area is 140 Å². The van der Waals surface area contributed by atoms with Crippen molar-refractivity contribution in [3.05, 3.63) is 18.2 Å². The van der Waals surface area contributed by atoms with Gasteiger partial charge in [-0.2, -0.15) is 0 Å². The van der Waals surface area contributed by atoms with E-state index in [1.165, 1.54) is 32.3 Å². The summed E-state index contributed by atoms with van der Waals surface area (Å²) in [6.45, 7) is 4.28. The average molecular weight is 355 g/mol. The summed E-state index contributed by atoms with van der Waals surface area (Å²) in [5.74, 6) is 0.0457. The average Bonchev–Trinajstić information content (AvgIpc) is 2.93. The fourth-order valence-corrected chi connectivity index (χ4v) is 2.76. The summed E-state index contributed by atoms with van der Waals surface area (Å²) >= 11 is 0. The molecule has 0 spiro atoms. The number of fused-ring (bicyclic) bond motifs is 1. The van der Waals surface area contributed by atoms with Crippen LogP contribution < -0.4 is 10.2 Å². The molecular weight excluding hydrogens is 334 g/mol. The number of hydrogen-bond donors (Lipinski definition) is 1. The second-order valence-electron chi connectivity index (χ2n) is 5.87. The molecule has 0 unspecified atom stereocenters. The van der Waals surface area contributed by atoms with E-state index in [2.05, 4.69) is 15.6 Å². The molecule has 0 aliphatic heterocycles. The van der Waals surface area contributed by atoms with Gasteiger partial charge in [0.2, 0.25) is 10.0 Å². The third kappa shape index (κ3) is 4.01. The zero-order valence-corrected chi connectivity index (χ0v) is 14.9. The van der Waals surface area contributed by atoms with Crippen LogP contribution in [0.1, 0.15) is 13.8 Å². The van der Waals surface area contributed by atoms with Crippen molar-refractivity contribution in [1.82, 2.24) is 24.8 Å². The minimum atomic E-state index is -3.58. The predicted molar refractivity (Wildman–Crippen MR) is 87.7 cm³/mol. The van der Waals surface area contributed by atoms with Gasteiger partial charge in [-0.3, -0.25) is 4.79 Å². The first-order valence-electron chi connectivity index (χ1n) is 7.40. The number of nitrogens with zero attached hydrogens (tertiary/aromatic N) is 4. The van der Waals surface area contributed by atoms with Gasteiger partial charge in [-0.05, 0) is 29.3 Å². The fourth-order valence-electron chi connectivity index (χ4n) is 1.83. The molecule has 0 radical (unpaired) electrons. The lowest BCUT2D eigenvalue weighted by Gasteiger charge is -2.11. The number of amides is 1. The van der Waals surface area contributed by atoms with Gasteiger partial charge in [-0.1, -0.05) is 18.7 Å². The van der Waals surface area contributed by atoms with Crippen LogP contribution in [-0.4, -0.2) is 61.0 Å². The Balaban J connectivity index is 2.18. The lowest BCUT2D eigenvalue weighted by Crippen LogP contribution is -2.34. The number of aromatic nitrogens is 3. The van der Waals surface area contributed by atoms with Crippen molar-refractivity contribution in [2.75, 3.05) is 27.2 Å². The van der Waals surface area contributed by atoms with Crippen LogP contribution >= 0.6 is 0 Å². The van der Waals surface area contributed by atoms with Crippen molar-refractivity contribution in [3.63, 3.8) is 0 Å². The SMILES string of the molecule is CC(C)CNC(=O)COn1nnc2ccc(S(=O)(=O)N(C)C)cc21. The highest BCUT2D eigenvalue weighted by atomic mass is 32.2. The molecule has 1 amide bonds. The molecule has 2 aromatic rings. The van der Waals surface area contributed by atoms with E-state index in [9.17, 15) is 13.2 Å². The van der Waals surface area contributed by atoms with E-state index in [0.717, 1.165) is 9.15 Å². The van der Waals surface area contributed by atoms with Gasteiger partial charge < -0.3 is 10.2 Å². The Hall–Kier alpha value is -2.20. The molecule has 9 nitrogen and oxygen atoms in total. The minimum absolute atomic E-state index is 0.0939. The summed E-state index contributed by atoms with van der Waals surface area (Å²) in [6.07, 6.45) is 0. The van der Waals surface area contributed by atoms with Gasteiger partial charge in [0.1, 0.15) is 11.0 Å². The van der Waals surface area contributed by atoms with Crippen LogP contribution in [0.4, 0.5) is 0 Å². The van der Waals surface area contributed by atoms with Gasteiger partial charge in [-0.15, -0.1) is 5.10 Å². The van der Waals surface area contributed by atoms with Crippen LogP contribution in [0.2, 0.25) is 0 Å². The first-order chi connectivity index (χ1) is 11.2. The summed E-state index contributed by atoms with van der Waals surface area (Å²) in [5.41, 5.74) is 0.838. The topological polar surface area (TPSA) is 106 Å². The maximum atomic E-state index is 12.2. The van der Waals surface area contributed by atoms with Gasteiger partial charge in [0.25, 0.3) is 5.91 Å². The van der Waals surface area contributed by atoms with E-state index in [0.29, 0.717) is 23.5 Å². The van der Waals surface area contributed by atoms with Gasteiger partial charge in [-0.25, -0.2) is 12.7 Å². The molecule has 1 heterocycles. The number of hydrogen-bond acceptors (Lipinski definition) is 6. The van der Waals surface area contributed by atoms with E-state index < -0.39 is 10.0 Å². The molecule has 0 fully saturated rings. The molecule has 0 aliphatic carbocycles. The third-order valence-electron chi connectivity index (χ3n) is 3.19. The lowest BCUT2D eigenvalue weighted by molar-refractivity contribution is -0.126. The number of nitrogens with one attached hydrogen (secondary N) is 1. The van der Waals surface area contributed by atoms with Crippen molar-refractivity contribution < 1.29 is 18.0 Å². The number of benzene rings is 1. The number of sulfonamides is 1. The predicted octanol–water partition coefficient (Wildman–Crippen LogP) is -0.118. The number of rotatable bonds is 7. The van der Waals surface area contributed by atoms with Gasteiger partial charge in [0, 0.05) is 20.6 Å². The quantitative estimate of drug-likeness (QED) is 0.742. The molecule has 2 rings (SSSR count). The Morgan fingerprint density at radius 2 is 2.08 bits per heavy atom. The molecule has 1 N–H and O–H groups in total. The number of carbonyl (C=O) groups excluding carboxylic acids is 1. The highest BCUT2D eigenvalue weighted by Crippen LogP contribution is 2.18. The first kappa shape index (κ1) is 18.1. The summed E-state index contributed by atoms with van der Waals surface area (Å²) in [6, 6.07) is 4.40. The van der Waals surface area contributed by atoms with Crippen molar-refractivity contribution in [2.24, 2.45) is 5.92 Å². The van der Waals surface area contributed by atoms with Gasteiger partial charge in [0.15, 0.2) is 6.61 Å². The minimum Gasteiger partial charge on any atom is -0.385 e. The normalized spacial score (nSPS) is 12.1. The molecule has 0 saturated heterocycles.